The summed E-state index contributed by atoms with van der Waals surface area (Å²) in [7, 11) is 0. The van der Waals surface area contributed by atoms with Gasteiger partial charge in [0.15, 0.2) is 11.6 Å². The van der Waals surface area contributed by atoms with Crippen molar-refractivity contribution in [2.24, 2.45) is 5.92 Å². The smallest absolute Gasteiger partial charge is 0.166 e. The second-order valence-corrected chi connectivity index (χ2v) is 6.18. The molecule has 3 nitrogen and oxygen atoms in total. The predicted molar refractivity (Wildman–Crippen MR) is 92.1 cm³/mol. The summed E-state index contributed by atoms with van der Waals surface area (Å²) in [5, 5.41) is 13.8. The van der Waals surface area contributed by atoms with Gasteiger partial charge in [0.1, 0.15) is 0 Å². The number of nitrogens with one attached hydrogen (secondary N) is 1. The van der Waals surface area contributed by atoms with Gasteiger partial charge in [0.25, 0.3) is 0 Å². The van der Waals surface area contributed by atoms with Crippen LogP contribution in [0.2, 0.25) is 5.02 Å². The zero-order valence-corrected chi connectivity index (χ0v) is 14.6. The fourth-order valence-corrected chi connectivity index (χ4v) is 3.49. The van der Waals surface area contributed by atoms with E-state index < -0.39 is 5.82 Å². The van der Waals surface area contributed by atoms with Crippen LogP contribution >= 0.6 is 36.4 Å². The molecular formula is C15H22Cl3FN2O. The fraction of sp³-hybridized carbons (Fsp3) is 0.600. The van der Waals surface area contributed by atoms with Gasteiger partial charge < -0.3 is 10.4 Å². The van der Waals surface area contributed by atoms with Crippen LogP contribution in [0.3, 0.4) is 0 Å². The Kier molecular flexibility index (Phi) is 7.69. The lowest BCUT2D eigenvalue weighted by Gasteiger charge is -2.43. The van der Waals surface area contributed by atoms with Gasteiger partial charge in [0.05, 0.1) is 0 Å². The standard InChI is InChI=1S/C15H20ClFN2O.2ClH/c16-11-8-12(15(20)13(17)9-11)14(10-2-1-3-10)19-6-4-18-5-7-19;;/h8-10,14,18,20H,1-7H2;2*1H/t14-;;/m0../s1. The van der Waals surface area contributed by atoms with Crippen LogP contribution in [0, 0.1) is 11.7 Å². The van der Waals surface area contributed by atoms with Crippen LogP contribution in [-0.4, -0.2) is 36.2 Å². The Balaban J connectivity index is 0.00000121. The van der Waals surface area contributed by atoms with Gasteiger partial charge in [0.2, 0.25) is 0 Å². The van der Waals surface area contributed by atoms with Crippen molar-refractivity contribution in [2.75, 3.05) is 26.2 Å². The number of halogens is 4. The van der Waals surface area contributed by atoms with Crippen LogP contribution in [-0.2, 0) is 0 Å². The van der Waals surface area contributed by atoms with Crippen molar-refractivity contribution in [2.45, 2.75) is 25.3 Å². The van der Waals surface area contributed by atoms with Gasteiger partial charge in [-0.2, -0.15) is 0 Å². The summed E-state index contributed by atoms with van der Waals surface area (Å²) in [5.74, 6) is -0.353. The van der Waals surface area contributed by atoms with Crippen LogP contribution < -0.4 is 5.32 Å². The molecule has 0 bridgehead atoms. The molecule has 1 aromatic carbocycles. The first-order valence-corrected chi connectivity index (χ1v) is 7.67. The fourth-order valence-electron chi connectivity index (χ4n) is 3.28. The van der Waals surface area contributed by atoms with E-state index in [1.54, 1.807) is 6.07 Å². The molecule has 3 rings (SSSR count). The summed E-state index contributed by atoms with van der Waals surface area (Å²) in [6.45, 7) is 3.73. The molecule has 1 atom stereocenters. The molecule has 1 aliphatic heterocycles. The number of hydrogen-bond acceptors (Lipinski definition) is 3. The lowest BCUT2D eigenvalue weighted by Crippen LogP contribution is -2.47. The Morgan fingerprint density at radius 3 is 2.41 bits per heavy atom. The summed E-state index contributed by atoms with van der Waals surface area (Å²) in [5.41, 5.74) is 0.654. The van der Waals surface area contributed by atoms with Gasteiger partial charge in [-0.1, -0.05) is 18.0 Å². The second-order valence-electron chi connectivity index (χ2n) is 5.75. The number of benzene rings is 1. The summed E-state index contributed by atoms with van der Waals surface area (Å²) < 4.78 is 13.8. The average molecular weight is 372 g/mol. The minimum Gasteiger partial charge on any atom is -0.505 e. The van der Waals surface area contributed by atoms with E-state index >= 15 is 0 Å². The third kappa shape index (κ3) is 3.98. The van der Waals surface area contributed by atoms with E-state index in [-0.39, 0.29) is 36.6 Å². The summed E-state index contributed by atoms with van der Waals surface area (Å²) in [6, 6.07) is 2.99. The van der Waals surface area contributed by atoms with E-state index in [2.05, 4.69) is 10.2 Å². The molecule has 7 heteroatoms. The van der Waals surface area contributed by atoms with Gasteiger partial charge in [-0.3, -0.25) is 4.90 Å². The monoisotopic (exact) mass is 370 g/mol. The highest BCUT2D eigenvalue weighted by atomic mass is 35.5. The Morgan fingerprint density at radius 1 is 1.23 bits per heavy atom. The third-order valence-electron chi connectivity index (χ3n) is 4.52. The number of phenolic OH excluding ortho intramolecular Hbond substituents is 1. The van der Waals surface area contributed by atoms with Gasteiger partial charge in [0, 0.05) is 42.8 Å². The number of rotatable bonds is 3. The molecule has 1 aliphatic carbocycles. The van der Waals surface area contributed by atoms with E-state index in [1.165, 1.54) is 12.5 Å². The molecule has 2 fully saturated rings. The van der Waals surface area contributed by atoms with E-state index in [1.807, 2.05) is 0 Å². The normalized spacial score (nSPS) is 20.5. The number of phenols is 1. The average Bonchev–Trinajstić information content (AvgIpc) is 2.39. The molecule has 2 aliphatic rings. The van der Waals surface area contributed by atoms with Crippen molar-refractivity contribution in [3.05, 3.63) is 28.5 Å². The number of aromatic hydroxyl groups is 1. The highest BCUT2D eigenvalue weighted by molar-refractivity contribution is 6.30. The quantitative estimate of drug-likeness (QED) is 0.849. The molecule has 0 aromatic heterocycles. The molecule has 1 saturated carbocycles. The Bertz CT molecular complexity index is 494. The first kappa shape index (κ1) is 19.8. The van der Waals surface area contributed by atoms with Gasteiger partial charge in [-0.25, -0.2) is 4.39 Å². The topological polar surface area (TPSA) is 35.5 Å². The van der Waals surface area contributed by atoms with Crippen molar-refractivity contribution in [1.29, 1.82) is 0 Å². The van der Waals surface area contributed by atoms with E-state index in [9.17, 15) is 9.50 Å². The Morgan fingerprint density at radius 2 is 1.86 bits per heavy atom. The Hall–Kier alpha value is -0.260. The maximum absolute atomic E-state index is 13.8. The number of nitrogens with zero attached hydrogens (tertiary/aromatic N) is 1. The van der Waals surface area contributed by atoms with Crippen LogP contribution in [0.5, 0.6) is 5.75 Å². The molecule has 0 unspecified atom stereocenters. The molecule has 1 saturated heterocycles. The second kappa shape index (κ2) is 8.55. The SMILES string of the molecule is Cl.Cl.Oc1c(F)cc(Cl)cc1[C@H](C1CCC1)N1CCNCC1. The minimum absolute atomic E-state index is 0. The summed E-state index contributed by atoms with van der Waals surface area (Å²) in [4.78, 5) is 2.35. The third-order valence-corrected chi connectivity index (χ3v) is 4.74. The lowest BCUT2D eigenvalue weighted by atomic mass is 9.76. The van der Waals surface area contributed by atoms with Crippen LogP contribution in [0.1, 0.15) is 30.9 Å². The molecule has 1 heterocycles. The highest BCUT2D eigenvalue weighted by Gasteiger charge is 2.35. The van der Waals surface area contributed by atoms with Gasteiger partial charge >= 0.3 is 0 Å². The van der Waals surface area contributed by atoms with Crippen LogP contribution in [0.15, 0.2) is 12.1 Å². The highest BCUT2D eigenvalue weighted by Crippen LogP contribution is 2.45. The number of piperazine rings is 1. The zero-order chi connectivity index (χ0) is 14.1. The first-order chi connectivity index (χ1) is 9.66. The summed E-state index contributed by atoms with van der Waals surface area (Å²) in [6.07, 6.45) is 3.50. The molecule has 2 N–H and O–H groups in total. The van der Waals surface area contributed by atoms with E-state index in [0.717, 1.165) is 39.0 Å². The van der Waals surface area contributed by atoms with Crippen molar-refractivity contribution < 1.29 is 9.50 Å². The molecule has 0 amide bonds. The van der Waals surface area contributed by atoms with Gasteiger partial charge in [-0.15, -0.1) is 24.8 Å². The predicted octanol–water partition coefficient (Wildman–Crippen LogP) is 3.77. The van der Waals surface area contributed by atoms with E-state index in [0.29, 0.717) is 16.5 Å². The Labute approximate surface area is 148 Å². The zero-order valence-electron chi connectivity index (χ0n) is 12.2. The van der Waals surface area contributed by atoms with E-state index in [4.69, 9.17) is 11.6 Å². The minimum atomic E-state index is -0.619. The van der Waals surface area contributed by atoms with Crippen LogP contribution in [0.4, 0.5) is 4.39 Å². The molecule has 126 valence electrons. The lowest BCUT2D eigenvalue weighted by molar-refractivity contribution is 0.0815. The largest absolute Gasteiger partial charge is 0.505 e. The van der Waals surface area contributed by atoms with Crippen molar-refractivity contribution in [1.82, 2.24) is 10.2 Å². The molecular weight excluding hydrogens is 350 g/mol. The molecule has 0 spiro atoms. The molecule has 1 aromatic rings. The molecule has 22 heavy (non-hydrogen) atoms. The first-order valence-electron chi connectivity index (χ1n) is 7.29. The van der Waals surface area contributed by atoms with Crippen molar-refractivity contribution >= 4 is 36.4 Å². The summed E-state index contributed by atoms with van der Waals surface area (Å²) >= 11 is 5.99. The number of hydrogen-bond donors (Lipinski definition) is 2. The van der Waals surface area contributed by atoms with Crippen molar-refractivity contribution in [3.8, 4) is 5.75 Å². The van der Waals surface area contributed by atoms with Gasteiger partial charge in [-0.05, 0) is 30.9 Å². The maximum atomic E-state index is 13.8. The molecule has 0 radical (unpaired) electrons. The van der Waals surface area contributed by atoms with Crippen LogP contribution in [0.25, 0.3) is 0 Å². The van der Waals surface area contributed by atoms with Crippen molar-refractivity contribution in [3.63, 3.8) is 0 Å². The maximum Gasteiger partial charge on any atom is 0.166 e.